The lowest BCUT2D eigenvalue weighted by Gasteiger charge is -2.14. The lowest BCUT2D eigenvalue weighted by Crippen LogP contribution is -2.23. The number of aromatic nitrogens is 2. The van der Waals surface area contributed by atoms with Crippen LogP contribution in [0.2, 0.25) is 0 Å². The highest BCUT2D eigenvalue weighted by atomic mass is 32.2. The molecule has 0 fully saturated rings. The third-order valence-electron chi connectivity index (χ3n) is 5.08. The van der Waals surface area contributed by atoms with Crippen LogP contribution in [0, 0.1) is 6.92 Å². The van der Waals surface area contributed by atoms with Crippen molar-refractivity contribution in [1.82, 2.24) is 9.55 Å². The fourth-order valence-electron chi connectivity index (χ4n) is 3.52. The quantitative estimate of drug-likeness (QED) is 0.490. The summed E-state index contributed by atoms with van der Waals surface area (Å²) in [6, 6.07) is 7.75. The van der Waals surface area contributed by atoms with E-state index in [1.807, 2.05) is 31.2 Å². The Balaban J connectivity index is 1.46. The minimum Gasteiger partial charge on any atom is -0.491 e. The number of hydrogen-bond acceptors (Lipinski definition) is 6. The molecule has 3 aromatic rings. The Bertz CT molecular complexity index is 1060. The summed E-state index contributed by atoms with van der Waals surface area (Å²) in [5, 5.41) is 11.8. The van der Waals surface area contributed by atoms with Gasteiger partial charge in [0.1, 0.15) is 17.2 Å². The number of thiophene rings is 1. The molecule has 1 aliphatic rings. The van der Waals surface area contributed by atoms with Gasteiger partial charge >= 0.3 is 0 Å². The number of nitrogens with zero attached hydrogens (tertiary/aromatic N) is 2. The number of para-hydroxylation sites is 1. The van der Waals surface area contributed by atoms with Gasteiger partial charge in [-0.1, -0.05) is 30.0 Å². The molecule has 0 aliphatic heterocycles. The lowest BCUT2D eigenvalue weighted by molar-refractivity contribution is 0.126. The number of ether oxygens (including phenoxy) is 1. The number of aryl methyl sites for hydroxylation is 3. The standard InChI is InChI=1S/C21H24N2O3S2/c1-13-7-3-5-9-16(13)26-11-14(24)12-27-21-22-19-18(20(25)23(21)2)15-8-4-6-10-17(15)28-19/h3,5,7,9,14,24H,4,6,8,10-12H2,1-2H3/t14-/m0/s1. The van der Waals surface area contributed by atoms with E-state index >= 15 is 0 Å². The first-order chi connectivity index (χ1) is 13.5. The van der Waals surface area contributed by atoms with Crippen molar-refractivity contribution in [3.63, 3.8) is 0 Å². The van der Waals surface area contributed by atoms with Crippen molar-refractivity contribution in [2.45, 2.75) is 43.9 Å². The maximum Gasteiger partial charge on any atom is 0.262 e. The van der Waals surface area contributed by atoms with Gasteiger partial charge in [-0.05, 0) is 49.8 Å². The molecule has 2 aromatic heterocycles. The first-order valence-electron chi connectivity index (χ1n) is 9.55. The van der Waals surface area contributed by atoms with Crippen molar-refractivity contribution < 1.29 is 9.84 Å². The second kappa shape index (κ2) is 8.27. The monoisotopic (exact) mass is 416 g/mol. The van der Waals surface area contributed by atoms with Crippen LogP contribution < -0.4 is 10.3 Å². The maximum absolute atomic E-state index is 12.9. The first-order valence-corrected chi connectivity index (χ1v) is 11.4. The van der Waals surface area contributed by atoms with E-state index in [9.17, 15) is 9.90 Å². The van der Waals surface area contributed by atoms with Gasteiger partial charge in [-0.15, -0.1) is 11.3 Å². The van der Waals surface area contributed by atoms with Gasteiger partial charge in [0.05, 0.1) is 11.5 Å². The van der Waals surface area contributed by atoms with Gasteiger partial charge in [0.15, 0.2) is 5.16 Å². The fraction of sp³-hybridized carbons (Fsp3) is 0.429. The smallest absolute Gasteiger partial charge is 0.262 e. The van der Waals surface area contributed by atoms with E-state index in [0.29, 0.717) is 10.9 Å². The molecule has 7 heteroatoms. The second-order valence-electron chi connectivity index (χ2n) is 7.19. The summed E-state index contributed by atoms with van der Waals surface area (Å²) in [4.78, 5) is 19.8. The molecule has 28 heavy (non-hydrogen) atoms. The van der Waals surface area contributed by atoms with Crippen LogP contribution in [-0.4, -0.2) is 33.1 Å². The molecular weight excluding hydrogens is 392 g/mol. The molecule has 0 amide bonds. The maximum atomic E-state index is 12.9. The Morgan fingerprint density at radius 2 is 2.11 bits per heavy atom. The minimum atomic E-state index is -0.645. The van der Waals surface area contributed by atoms with Crippen LogP contribution >= 0.6 is 23.1 Å². The lowest BCUT2D eigenvalue weighted by atomic mass is 9.97. The molecule has 1 atom stereocenters. The van der Waals surface area contributed by atoms with Crippen LogP contribution in [-0.2, 0) is 19.9 Å². The molecule has 4 rings (SSSR count). The predicted octanol–water partition coefficient (Wildman–Crippen LogP) is 3.71. The zero-order valence-electron chi connectivity index (χ0n) is 16.1. The van der Waals surface area contributed by atoms with E-state index in [0.717, 1.165) is 40.8 Å². The van der Waals surface area contributed by atoms with Gasteiger partial charge in [0.2, 0.25) is 0 Å². The number of aliphatic hydroxyl groups excluding tert-OH is 1. The van der Waals surface area contributed by atoms with Crippen LogP contribution in [0.3, 0.4) is 0 Å². The van der Waals surface area contributed by atoms with Crippen molar-refractivity contribution >= 4 is 33.3 Å². The Morgan fingerprint density at radius 3 is 2.93 bits per heavy atom. The van der Waals surface area contributed by atoms with Gasteiger partial charge < -0.3 is 9.84 Å². The normalized spacial score (nSPS) is 14.8. The molecule has 2 heterocycles. The van der Waals surface area contributed by atoms with Crippen molar-refractivity contribution in [3.8, 4) is 5.75 Å². The minimum absolute atomic E-state index is 0.0255. The second-order valence-corrected chi connectivity index (χ2v) is 9.26. The zero-order chi connectivity index (χ0) is 19.7. The SMILES string of the molecule is Cc1ccccc1OC[C@H](O)CSc1nc2sc3c(c2c(=O)n1C)CCCC3. The van der Waals surface area contributed by atoms with E-state index < -0.39 is 6.10 Å². The summed E-state index contributed by atoms with van der Waals surface area (Å²) in [5.41, 5.74) is 2.28. The highest BCUT2D eigenvalue weighted by molar-refractivity contribution is 7.99. The molecule has 0 saturated carbocycles. The molecule has 1 N–H and O–H groups in total. The third-order valence-corrected chi connectivity index (χ3v) is 7.45. The van der Waals surface area contributed by atoms with E-state index in [2.05, 4.69) is 0 Å². The van der Waals surface area contributed by atoms with Crippen LogP contribution in [0.15, 0.2) is 34.2 Å². The van der Waals surface area contributed by atoms with Crippen molar-refractivity contribution in [1.29, 1.82) is 0 Å². The van der Waals surface area contributed by atoms with Crippen LogP contribution in [0.5, 0.6) is 5.75 Å². The van der Waals surface area contributed by atoms with Crippen LogP contribution in [0.4, 0.5) is 0 Å². The van der Waals surface area contributed by atoms with Gasteiger partial charge in [0.25, 0.3) is 5.56 Å². The molecule has 0 radical (unpaired) electrons. The molecule has 0 saturated heterocycles. The van der Waals surface area contributed by atoms with Gasteiger partial charge in [-0.3, -0.25) is 9.36 Å². The van der Waals surface area contributed by atoms with Gasteiger partial charge in [0, 0.05) is 17.7 Å². The van der Waals surface area contributed by atoms with Crippen LogP contribution in [0.25, 0.3) is 10.2 Å². The number of aliphatic hydroxyl groups is 1. The van der Waals surface area contributed by atoms with Crippen molar-refractivity contribution in [3.05, 3.63) is 50.6 Å². The third kappa shape index (κ3) is 3.83. The Morgan fingerprint density at radius 1 is 1.32 bits per heavy atom. The van der Waals surface area contributed by atoms with Gasteiger partial charge in [-0.25, -0.2) is 4.98 Å². The molecular formula is C21H24N2O3S2. The Hall–Kier alpha value is -1.83. The van der Waals surface area contributed by atoms with E-state index in [1.54, 1.807) is 23.0 Å². The van der Waals surface area contributed by atoms with E-state index in [4.69, 9.17) is 9.72 Å². The summed E-state index contributed by atoms with van der Waals surface area (Å²) in [6.07, 6.45) is 3.72. The molecule has 1 aromatic carbocycles. The first kappa shape index (κ1) is 19.5. The molecule has 0 bridgehead atoms. The van der Waals surface area contributed by atoms with E-state index in [1.165, 1.54) is 28.6 Å². The average molecular weight is 417 g/mol. The average Bonchev–Trinajstić information content (AvgIpc) is 3.07. The van der Waals surface area contributed by atoms with Gasteiger partial charge in [-0.2, -0.15) is 0 Å². The van der Waals surface area contributed by atoms with E-state index in [-0.39, 0.29) is 12.2 Å². The molecule has 1 aliphatic carbocycles. The molecule has 0 unspecified atom stereocenters. The molecule has 5 nitrogen and oxygen atoms in total. The van der Waals surface area contributed by atoms with Crippen molar-refractivity contribution in [2.24, 2.45) is 7.05 Å². The zero-order valence-corrected chi connectivity index (χ0v) is 17.7. The highest BCUT2D eigenvalue weighted by Gasteiger charge is 2.21. The summed E-state index contributed by atoms with van der Waals surface area (Å²) in [5.74, 6) is 1.20. The number of fused-ring (bicyclic) bond motifs is 3. The Kier molecular flexibility index (Phi) is 5.75. The summed E-state index contributed by atoms with van der Waals surface area (Å²) >= 11 is 3.05. The number of thioether (sulfide) groups is 1. The molecule has 148 valence electrons. The largest absolute Gasteiger partial charge is 0.491 e. The predicted molar refractivity (Wildman–Crippen MR) is 115 cm³/mol. The Labute approximate surface area is 172 Å². The number of rotatable bonds is 6. The number of hydrogen-bond donors (Lipinski definition) is 1. The van der Waals surface area contributed by atoms with Crippen LogP contribution in [0.1, 0.15) is 28.8 Å². The highest BCUT2D eigenvalue weighted by Crippen LogP contribution is 2.34. The summed E-state index contributed by atoms with van der Waals surface area (Å²) < 4.78 is 7.33. The topological polar surface area (TPSA) is 64.3 Å². The fourth-order valence-corrected chi connectivity index (χ4v) is 5.70. The number of benzene rings is 1. The van der Waals surface area contributed by atoms with Crippen molar-refractivity contribution in [2.75, 3.05) is 12.4 Å². The summed E-state index contributed by atoms with van der Waals surface area (Å²) in [7, 11) is 1.76. The summed E-state index contributed by atoms with van der Waals surface area (Å²) in [6.45, 7) is 2.19. The molecule has 0 spiro atoms.